The highest BCUT2D eigenvalue weighted by Gasteiger charge is 2.50. The standard InChI is InChI=1S/C19H28ClN3O3S/c1-19(2)23(18(24)15-27(19,25)26)9-4-3-8-21-10-12-22(13-11-21)17-7-5-6-16(20)14-17/h5-7,14H,3-4,8-13,15H2,1-2H3. The molecule has 2 heterocycles. The molecule has 8 heteroatoms. The summed E-state index contributed by atoms with van der Waals surface area (Å²) in [6.45, 7) is 8.66. The first-order chi connectivity index (χ1) is 12.7. The second-order valence-electron chi connectivity index (χ2n) is 7.77. The number of unbranched alkanes of at least 4 members (excludes halogenated alkanes) is 1. The summed E-state index contributed by atoms with van der Waals surface area (Å²) in [5, 5.41) is 0.760. The minimum atomic E-state index is -3.37. The van der Waals surface area contributed by atoms with E-state index in [0.29, 0.717) is 6.54 Å². The van der Waals surface area contributed by atoms with Crippen LogP contribution < -0.4 is 4.90 Å². The molecule has 27 heavy (non-hydrogen) atoms. The molecule has 150 valence electrons. The SMILES string of the molecule is CC1(C)N(CCCCN2CCN(c3cccc(Cl)c3)CC2)C(=O)CS1(=O)=O. The zero-order valence-corrected chi connectivity index (χ0v) is 17.6. The monoisotopic (exact) mass is 413 g/mol. The molecule has 0 N–H and O–H groups in total. The number of anilines is 1. The van der Waals surface area contributed by atoms with Crippen LogP contribution in [-0.2, 0) is 14.6 Å². The van der Waals surface area contributed by atoms with Crippen LogP contribution in [0.4, 0.5) is 5.69 Å². The third kappa shape index (κ3) is 4.41. The first-order valence-corrected chi connectivity index (χ1v) is 11.5. The lowest BCUT2D eigenvalue weighted by atomic mass is 10.2. The van der Waals surface area contributed by atoms with Gasteiger partial charge in [0.2, 0.25) is 5.91 Å². The molecule has 2 fully saturated rings. The van der Waals surface area contributed by atoms with Crippen molar-refractivity contribution in [3.8, 4) is 0 Å². The Balaban J connectivity index is 1.40. The highest BCUT2D eigenvalue weighted by atomic mass is 35.5. The summed E-state index contributed by atoms with van der Waals surface area (Å²) in [7, 11) is -3.37. The maximum atomic E-state index is 12.1. The molecule has 2 aliphatic heterocycles. The Morgan fingerprint density at radius 3 is 2.33 bits per heavy atom. The fourth-order valence-electron chi connectivity index (χ4n) is 3.79. The number of halogens is 1. The van der Waals surface area contributed by atoms with Gasteiger partial charge in [0, 0.05) is 43.4 Å². The van der Waals surface area contributed by atoms with Crippen LogP contribution >= 0.6 is 11.6 Å². The number of hydrogen-bond donors (Lipinski definition) is 0. The van der Waals surface area contributed by atoms with Crippen molar-refractivity contribution in [1.29, 1.82) is 0 Å². The number of carbonyl (C=O) groups excluding carboxylic acids is 1. The zero-order valence-electron chi connectivity index (χ0n) is 16.0. The van der Waals surface area contributed by atoms with Crippen LogP contribution in [0.5, 0.6) is 0 Å². The van der Waals surface area contributed by atoms with Crippen LogP contribution in [0.1, 0.15) is 26.7 Å². The number of amides is 1. The Kier molecular flexibility index (Phi) is 6.03. The molecule has 3 rings (SSSR count). The Bertz CT molecular complexity index is 789. The minimum absolute atomic E-state index is 0.268. The van der Waals surface area contributed by atoms with Gasteiger partial charge >= 0.3 is 0 Å². The molecule has 2 aliphatic rings. The van der Waals surface area contributed by atoms with Crippen molar-refractivity contribution in [2.24, 2.45) is 0 Å². The summed E-state index contributed by atoms with van der Waals surface area (Å²) >= 11 is 6.08. The number of hydrogen-bond acceptors (Lipinski definition) is 5. The van der Waals surface area contributed by atoms with Crippen molar-refractivity contribution in [1.82, 2.24) is 9.80 Å². The van der Waals surface area contributed by atoms with Gasteiger partial charge in [-0.3, -0.25) is 9.69 Å². The molecule has 0 aromatic heterocycles. The number of nitrogens with zero attached hydrogens (tertiary/aromatic N) is 3. The Hall–Kier alpha value is -1.31. The molecule has 0 spiro atoms. The van der Waals surface area contributed by atoms with Crippen LogP contribution in [0.25, 0.3) is 0 Å². The van der Waals surface area contributed by atoms with Gasteiger partial charge < -0.3 is 9.80 Å². The van der Waals surface area contributed by atoms with E-state index < -0.39 is 14.7 Å². The summed E-state index contributed by atoms with van der Waals surface area (Å²) in [4.78, 5) is 17.2. The summed E-state index contributed by atoms with van der Waals surface area (Å²) < 4.78 is 24.1. The molecule has 0 atom stereocenters. The normalized spacial score (nSPS) is 22.4. The molecule has 2 saturated heterocycles. The molecule has 0 radical (unpaired) electrons. The second-order valence-corrected chi connectivity index (χ2v) is 10.7. The Morgan fingerprint density at radius 2 is 1.74 bits per heavy atom. The molecule has 1 aromatic carbocycles. The molecule has 0 saturated carbocycles. The quantitative estimate of drug-likeness (QED) is 0.669. The second kappa shape index (κ2) is 7.97. The van der Waals surface area contributed by atoms with E-state index in [1.807, 2.05) is 18.2 Å². The van der Waals surface area contributed by atoms with E-state index in [1.54, 1.807) is 13.8 Å². The molecule has 0 unspecified atom stereocenters. The summed E-state index contributed by atoms with van der Waals surface area (Å²) in [5.74, 6) is -0.624. The van der Waals surface area contributed by atoms with E-state index >= 15 is 0 Å². The van der Waals surface area contributed by atoms with E-state index in [4.69, 9.17) is 11.6 Å². The van der Waals surface area contributed by atoms with Gasteiger partial charge in [0.15, 0.2) is 9.84 Å². The lowest BCUT2D eigenvalue weighted by Crippen LogP contribution is -2.47. The molecule has 1 amide bonds. The molecule has 0 bridgehead atoms. The third-order valence-corrected chi connectivity index (χ3v) is 8.28. The molecular formula is C19H28ClN3O3S. The Labute approximate surface area is 167 Å². The van der Waals surface area contributed by atoms with Gasteiger partial charge in [-0.1, -0.05) is 17.7 Å². The molecule has 0 aliphatic carbocycles. The van der Waals surface area contributed by atoms with E-state index in [-0.39, 0.29) is 11.7 Å². The largest absolute Gasteiger partial charge is 0.369 e. The van der Waals surface area contributed by atoms with Crippen molar-refractivity contribution in [2.75, 3.05) is 49.9 Å². The topological polar surface area (TPSA) is 60.9 Å². The maximum absolute atomic E-state index is 12.1. The van der Waals surface area contributed by atoms with Crippen molar-refractivity contribution in [2.45, 2.75) is 31.6 Å². The van der Waals surface area contributed by atoms with Crippen LogP contribution in [0, 0.1) is 0 Å². The molecule has 6 nitrogen and oxygen atoms in total. The Morgan fingerprint density at radius 1 is 1.07 bits per heavy atom. The number of rotatable bonds is 6. The van der Waals surface area contributed by atoms with Crippen molar-refractivity contribution in [3.63, 3.8) is 0 Å². The number of benzene rings is 1. The van der Waals surface area contributed by atoms with Gasteiger partial charge in [0.1, 0.15) is 10.6 Å². The van der Waals surface area contributed by atoms with Crippen molar-refractivity contribution in [3.05, 3.63) is 29.3 Å². The van der Waals surface area contributed by atoms with E-state index in [1.165, 1.54) is 4.90 Å². The first kappa shape index (κ1) is 20.4. The smallest absolute Gasteiger partial charge is 0.239 e. The van der Waals surface area contributed by atoms with Crippen LogP contribution in [0.15, 0.2) is 24.3 Å². The van der Waals surface area contributed by atoms with E-state index in [2.05, 4.69) is 15.9 Å². The summed E-state index contributed by atoms with van der Waals surface area (Å²) in [5.41, 5.74) is 1.16. The molecular weight excluding hydrogens is 386 g/mol. The fourth-order valence-corrected chi connectivity index (χ4v) is 5.33. The maximum Gasteiger partial charge on any atom is 0.239 e. The van der Waals surface area contributed by atoms with E-state index in [9.17, 15) is 13.2 Å². The average Bonchev–Trinajstić information content (AvgIpc) is 2.76. The van der Waals surface area contributed by atoms with Gasteiger partial charge in [0.25, 0.3) is 0 Å². The van der Waals surface area contributed by atoms with E-state index in [0.717, 1.165) is 56.3 Å². The zero-order chi connectivity index (χ0) is 19.7. The van der Waals surface area contributed by atoms with Crippen LogP contribution in [0.3, 0.4) is 0 Å². The van der Waals surface area contributed by atoms with Gasteiger partial charge in [-0.25, -0.2) is 8.42 Å². The third-order valence-electron chi connectivity index (χ3n) is 5.68. The predicted molar refractivity (Wildman–Crippen MR) is 109 cm³/mol. The first-order valence-electron chi connectivity index (χ1n) is 9.46. The fraction of sp³-hybridized carbons (Fsp3) is 0.632. The highest BCUT2D eigenvalue weighted by molar-refractivity contribution is 7.93. The van der Waals surface area contributed by atoms with Gasteiger partial charge in [-0.2, -0.15) is 0 Å². The number of carbonyl (C=O) groups is 1. The lowest BCUT2D eigenvalue weighted by Gasteiger charge is -2.36. The van der Waals surface area contributed by atoms with Crippen LogP contribution in [0.2, 0.25) is 5.02 Å². The lowest BCUT2D eigenvalue weighted by molar-refractivity contribution is -0.129. The van der Waals surface area contributed by atoms with Gasteiger partial charge in [-0.05, 0) is 51.4 Å². The predicted octanol–water partition coefficient (Wildman–Crippen LogP) is 2.24. The number of piperazine rings is 1. The average molecular weight is 414 g/mol. The van der Waals surface area contributed by atoms with Gasteiger partial charge in [0.05, 0.1) is 0 Å². The van der Waals surface area contributed by atoms with Crippen LogP contribution in [-0.4, -0.2) is 74.0 Å². The van der Waals surface area contributed by atoms with Crippen molar-refractivity contribution < 1.29 is 13.2 Å². The highest BCUT2D eigenvalue weighted by Crippen LogP contribution is 2.30. The minimum Gasteiger partial charge on any atom is -0.369 e. The van der Waals surface area contributed by atoms with Crippen molar-refractivity contribution >= 4 is 33.0 Å². The summed E-state index contributed by atoms with van der Waals surface area (Å²) in [6, 6.07) is 7.95. The molecule has 1 aromatic rings. The summed E-state index contributed by atoms with van der Waals surface area (Å²) in [6.07, 6.45) is 1.77. The number of sulfone groups is 1. The van der Waals surface area contributed by atoms with Gasteiger partial charge in [-0.15, -0.1) is 0 Å².